The third kappa shape index (κ3) is 2.21. The quantitative estimate of drug-likeness (QED) is 0.716. The highest BCUT2D eigenvalue weighted by Crippen LogP contribution is 2.19. The number of hydrogen-bond donors (Lipinski definition) is 2. The first-order valence-electron chi connectivity index (χ1n) is 6.42. The van der Waals surface area contributed by atoms with E-state index >= 15 is 0 Å². The Balaban J connectivity index is 2.02. The van der Waals surface area contributed by atoms with Crippen LogP contribution < -0.4 is 0 Å². The van der Waals surface area contributed by atoms with Crippen LogP contribution in [0.15, 0.2) is 48.5 Å². The first-order chi connectivity index (χ1) is 9.65. The van der Waals surface area contributed by atoms with Crippen LogP contribution in [0.4, 0.5) is 0 Å². The Labute approximate surface area is 116 Å². The molecule has 1 heterocycles. The maximum atomic E-state index is 12.3. The molecule has 4 nitrogen and oxygen atoms in total. The zero-order chi connectivity index (χ0) is 14.1. The fourth-order valence-electron chi connectivity index (χ4n) is 2.12. The van der Waals surface area contributed by atoms with Gasteiger partial charge in [-0.15, -0.1) is 0 Å². The van der Waals surface area contributed by atoms with Crippen LogP contribution in [-0.2, 0) is 0 Å². The molecule has 3 rings (SSSR count). The van der Waals surface area contributed by atoms with E-state index in [4.69, 9.17) is 0 Å². The Morgan fingerprint density at radius 1 is 1.15 bits per heavy atom. The van der Waals surface area contributed by atoms with Crippen molar-refractivity contribution < 1.29 is 9.90 Å². The zero-order valence-electron chi connectivity index (χ0n) is 11.0. The Hall–Kier alpha value is -2.46. The minimum atomic E-state index is -0.657. The van der Waals surface area contributed by atoms with Gasteiger partial charge in [-0.25, -0.2) is 4.98 Å². The number of rotatable bonds is 3. The number of aromatic amines is 1. The second-order valence-electron chi connectivity index (χ2n) is 4.73. The van der Waals surface area contributed by atoms with E-state index in [1.165, 1.54) is 0 Å². The Morgan fingerprint density at radius 3 is 2.60 bits per heavy atom. The summed E-state index contributed by atoms with van der Waals surface area (Å²) in [6.45, 7) is 1.65. The lowest BCUT2D eigenvalue weighted by Crippen LogP contribution is -2.00. The van der Waals surface area contributed by atoms with Crippen molar-refractivity contribution >= 4 is 16.8 Å². The normalized spacial score (nSPS) is 12.5. The highest BCUT2D eigenvalue weighted by Gasteiger charge is 2.12. The molecule has 0 unspecified atom stereocenters. The van der Waals surface area contributed by atoms with Gasteiger partial charge in [0.25, 0.3) is 0 Å². The number of nitrogens with one attached hydrogen (secondary N) is 1. The molecule has 0 saturated carbocycles. The third-order valence-electron chi connectivity index (χ3n) is 3.19. The summed E-state index contributed by atoms with van der Waals surface area (Å²) in [6, 6.07) is 14.5. The molecule has 20 heavy (non-hydrogen) atoms. The summed E-state index contributed by atoms with van der Waals surface area (Å²) >= 11 is 0. The summed E-state index contributed by atoms with van der Waals surface area (Å²) in [5, 5.41) is 9.52. The number of benzene rings is 2. The van der Waals surface area contributed by atoms with Crippen molar-refractivity contribution in [3.05, 3.63) is 65.5 Å². The van der Waals surface area contributed by atoms with E-state index in [-0.39, 0.29) is 5.78 Å². The van der Waals surface area contributed by atoms with Crippen molar-refractivity contribution in [3.63, 3.8) is 0 Å². The SMILES string of the molecule is C[C@H](O)c1nc2ccc(C(=O)c3ccccc3)cc2[nH]1. The van der Waals surface area contributed by atoms with Crippen molar-refractivity contribution in [1.82, 2.24) is 9.97 Å². The third-order valence-corrected chi connectivity index (χ3v) is 3.19. The molecule has 0 amide bonds. The number of hydrogen-bond acceptors (Lipinski definition) is 3. The standard InChI is InChI=1S/C16H14N2O2/c1-10(19)16-17-13-8-7-12(9-14(13)18-16)15(20)11-5-3-2-4-6-11/h2-10,19H,1H3,(H,17,18)/t10-/m0/s1. The summed E-state index contributed by atoms with van der Waals surface area (Å²) in [7, 11) is 0. The van der Waals surface area contributed by atoms with Crippen LogP contribution in [0.2, 0.25) is 0 Å². The number of aliphatic hydroxyl groups excluding tert-OH is 1. The molecule has 0 aliphatic carbocycles. The largest absolute Gasteiger partial charge is 0.385 e. The fourth-order valence-corrected chi connectivity index (χ4v) is 2.12. The van der Waals surface area contributed by atoms with Gasteiger partial charge in [-0.1, -0.05) is 30.3 Å². The minimum absolute atomic E-state index is 0.0271. The van der Waals surface area contributed by atoms with Gasteiger partial charge in [0.1, 0.15) is 11.9 Å². The van der Waals surface area contributed by atoms with Gasteiger partial charge in [0.2, 0.25) is 0 Å². The molecular weight excluding hydrogens is 252 g/mol. The van der Waals surface area contributed by atoms with Crippen LogP contribution in [0.25, 0.3) is 11.0 Å². The summed E-state index contributed by atoms with van der Waals surface area (Å²) in [5.74, 6) is 0.477. The van der Waals surface area contributed by atoms with Gasteiger partial charge in [0.05, 0.1) is 11.0 Å². The van der Waals surface area contributed by atoms with Crippen molar-refractivity contribution in [3.8, 4) is 0 Å². The Kier molecular flexibility index (Phi) is 3.08. The average Bonchev–Trinajstić information content (AvgIpc) is 2.90. The molecular formula is C16H14N2O2. The molecule has 1 aromatic heterocycles. The van der Waals surface area contributed by atoms with Crippen LogP contribution in [-0.4, -0.2) is 20.9 Å². The van der Waals surface area contributed by atoms with Crippen molar-refractivity contribution in [1.29, 1.82) is 0 Å². The molecule has 0 bridgehead atoms. The van der Waals surface area contributed by atoms with E-state index in [2.05, 4.69) is 9.97 Å². The molecule has 3 aromatic rings. The molecule has 2 N–H and O–H groups in total. The number of H-pyrrole nitrogens is 1. The second kappa shape index (κ2) is 4.90. The summed E-state index contributed by atoms with van der Waals surface area (Å²) in [4.78, 5) is 19.6. The van der Waals surface area contributed by atoms with Crippen LogP contribution >= 0.6 is 0 Å². The average molecular weight is 266 g/mol. The molecule has 100 valence electrons. The lowest BCUT2D eigenvalue weighted by atomic mass is 10.0. The number of aliphatic hydroxyl groups is 1. The first kappa shape index (κ1) is 12.6. The van der Waals surface area contributed by atoms with Crippen molar-refractivity contribution in [2.45, 2.75) is 13.0 Å². The van der Waals surface area contributed by atoms with Gasteiger partial charge in [0, 0.05) is 11.1 Å². The lowest BCUT2D eigenvalue weighted by molar-refractivity contribution is 0.103. The number of ketones is 1. The topological polar surface area (TPSA) is 66.0 Å². The van der Waals surface area contributed by atoms with Gasteiger partial charge in [-0.2, -0.15) is 0 Å². The van der Waals surface area contributed by atoms with Gasteiger partial charge in [-0.05, 0) is 25.1 Å². The molecule has 1 atom stereocenters. The predicted molar refractivity (Wildman–Crippen MR) is 76.6 cm³/mol. The number of carbonyl (C=O) groups excluding carboxylic acids is 1. The van der Waals surface area contributed by atoms with E-state index in [1.807, 2.05) is 18.2 Å². The number of imidazole rings is 1. The van der Waals surface area contributed by atoms with Crippen molar-refractivity contribution in [2.75, 3.05) is 0 Å². The van der Waals surface area contributed by atoms with Crippen LogP contribution in [0.5, 0.6) is 0 Å². The molecule has 0 saturated heterocycles. The molecule has 2 aromatic carbocycles. The van der Waals surface area contributed by atoms with Crippen LogP contribution in [0, 0.1) is 0 Å². The second-order valence-corrected chi connectivity index (χ2v) is 4.73. The highest BCUT2D eigenvalue weighted by atomic mass is 16.3. The van der Waals surface area contributed by atoms with E-state index < -0.39 is 6.10 Å². The summed E-state index contributed by atoms with van der Waals surface area (Å²) in [6.07, 6.45) is -0.657. The Morgan fingerprint density at radius 2 is 1.90 bits per heavy atom. The van der Waals surface area contributed by atoms with Crippen LogP contribution in [0.1, 0.15) is 34.8 Å². The number of nitrogens with zero attached hydrogens (tertiary/aromatic N) is 1. The maximum Gasteiger partial charge on any atom is 0.193 e. The summed E-state index contributed by atoms with van der Waals surface area (Å²) in [5.41, 5.74) is 2.75. The number of fused-ring (bicyclic) bond motifs is 1. The first-order valence-corrected chi connectivity index (χ1v) is 6.42. The monoisotopic (exact) mass is 266 g/mol. The van der Waals surface area contributed by atoms with E-state index in [9.17, 15) is 9.90 Å². The smallest absolute Gasteiger partial charge is 0.193 e. The fraction of sp³-hybridized carbons (Fsp3) is 0.125. The van der Waals surface area contributed by atoms with E-state index in [1.54, 1.807) is 37.3 Å². The van der Waals surface area contributed by atoms with Gasteiger partial charge in [-0.3, -0.25) is 4.79 Å². The van der Waals surface area contributed by atoms with Gasteiger partial charge in [0.15, 0.2) is 5.78 Å². The number of carbonyl (C=O) groups is 1. The van der Waals surface area contributed by atoms with E-state index in [0.29, 0.717) is 17.0 Å². The molecule has 0 fully saturated rings. The highest BCUT2D eigenvalue weighted by molar-refractivity contribution is 6.10. The molecule has 0 aliphatic heterocycles. The summed E-state index contributed by atoms with van der Waals surface area (Å²) < 4.78 is 0. The van der Waals surface area contributed by atoms with Crippen molar-refractivity contribution in [2.24, 2.45) is 0 Å². The van der Waals surface area contributed by atoms with Crippen LogP contribution in [0.3, 0.4) is 0 Å². The molecule has 0 radical (unpaired) electrons. The maximum absolute atomic E-state index is 12.3. The molecule has 4 heteroatoms. The van der Waals surface area contributed by atoms with Gasteiger partial charge >= 0.3 is 0 Å². The Bertz CT molecular complexity index is 761. The molecule has 0 spiro atoms. The predicted octanol–water partition coefficient (Wildman–Crippen LogP) is 2.85. The lowest BCUT2D eigenvalue weighted by Gasteiger charge is -2.00. The molecule has 0 aliphatic rings. The number of aromatic nitrogens is 2. The van der Waals surface area contributed by atoms with E-state index in [0.717, 1.165) is 11.0 Å². The minimum Gasteiger partial charge on any atom is -0.385 e. The van der Waals surface area contributed by atoms with Gasteiger partial charge < -0.3 is 10.1 Å². The zero-order valence-corrected chi connectivity index (χ0v) is 11.0.